The number of carbonyl (C=O) groups excluding carboxylic acids is 1. The maximum atomic E-state index is 12.4. The zero-order valence-corrected chi connectivity index (χ0v) is 9.93. The van der Waals surface area contributed by atoms with E-state index in [1.807, 2.05) is 6.92 Å². The lowest BCUT2D eigenvalue weighted by Gasteiger charge is -2.29. The lowest BCUT2D eigenvalue weighted by Crippen LogP contribution is -2.56. The Morgan fingerprint density at radius 2 is 2.29 bits per heavy atom. The molecular formula is C12H17N3O2. The first-order valence-corrected chi connectivity index (χ1v) is 5.76. The van der Waals surface area contributed by atoms with Gasteiger partial charge in [-0.1, -0.05) is 0 Å². The van der Waals surface area contributed by atoms with E-state index in [0.29, 0.717) is 26.2 Å². The van der Waals surface area contributed by atoms with Crippen molar-refractivity contribution in [2.24, 2.45) is 5.73 Å². The van der Waals surface area contributed by atoms with Crippen molar-refractivity contribution >= 4 is 11.6 Å². The van der Waals surface area contributed by atoms with Crippen molar-refractivity contribution < 1.29 is 9.53 Å². The van der Waals surface area contributed by atoms with Crippen LogP contribution in [0.15, 0.2) is 24.5 Å². The van der Waals surface area contributed by atoms with Crippen LogP contribution in [0.5, 0.6) is 0 Å². The fourth-order valence-corrected chi connectivity index (χ4v) is 1.99. The van der Waals surface area contributed by atoms with Crippen molar-refractivity contribution in [2.75, 3.05) is 24.7 Å². The Balaban J connectivity index is 2.22. The molecule has 5 nitrogen and oxygen atoms in total. The maximum Gasteiger partial charge on any atom is 0.249 e. The summed E-state index contributed by atoms with van der Waals surface area (Å²) in [5.74, 6) is -0.0799. The van der Waals surface area contributed by atoms with Crippen LogP contribution < -0.4 is 10.6 Å². The number of anilines is 1. The SMILES string of the molecule is CCN(C(=O)C1(N)CCOC1)c1ccncc1. The Morgan fingerprint density at radius 3 is 2.82 bits per heavy atom. The molecule has 17 heavy (non-hydrogen) atoms. The van der Waals surface area contributed by atoms with Gasteiger partial charge in [-0.2, -0.15) is 0 Å². The van der Waals surface area contributed by atoms with E-state index in [4.69, 9.17) is 10.5 Å². The molecule has 1 aromatic rings. The summed E-state index contributed by atoms with van der Waals surface area (Å²) in [6.07, 6.45) is 3.91. The van der Waals surface area contributed by atoms with Gasteiger partial charge in [-0.15, -0.1) is 0 Å². The molecule has 1 amide bonds. The second-order valence-corrected chi connectivity index (χ2v) is 4.21. The molecule has 0 bridgehead atoms. The molecule has 1 unspecified atom stereocenters. The summed E-state index contributed by atoms with van der Waals surface area (Å²) in [7, 11) is 0. The molecule has 1 fully saturated rings. The van der Waals surface area contributed by atoms with Crippen LogP contribution in [0.1, 0.15) is 13.3 Å². The average molecular weight is 235 g/mol. The van der Waals surface area contributed by atoms with E-state index in [1.54, 1.807) is 29.4 Å². The first-order chi connectivity index (χ1) is 8.17. The normalized spacial score (nSPS) is 23.6. The van der Waals surface area contributed by atoms with E-state index < -0.39 is 5.54 Å². The van der Waals surface area contributed by atoms with Crippen molar-refractivity contribution in [3.05, 3.63) is 24.5 Å². The molecule has 1 aromatic heterocycles. The number of ether oxygens (including phenoxy) is 1. The predicted molar refractivity (Wildman–Crippen MR) is 64.6 cm³/mol. The highest BCUT2D eigenvalue weighted by Gasteiger charge is 2.41. The molecule has 5 heteroatoms. The van der Waals surface area contributed by atoms with Gasteiger partial charge in [0.2, 0.25) is 5.91 Å². The second-order valence-electron chi connectivity index (χ2n) is 4.21. The number of pyridine rings is 1. The Hall–Kier alpha value is -1.46. The molecule has 2 rings (SSSR count). The molecule has 1 aliphatic rings. The Labute approximate surface area is 101 Å². The van der Waals surface area contributed by atoms with Gasteiger partial charge in [0.05, 0.1) is 6.61 Å². The van der Waals surface area contributed by atoms with Crippen molar-refractivity contribution in [3.63, 3.8) is 0 Å². The summed E-state index contributed by atoms with van der Waals surface area (Å²) in [5.41, 5.74) is 6.03. The molecule has 1 saturated heterocycles. The van der Waals surface area contributed by atoms with Crippen LogP contribution in [-0.2, 0) is 9.53 Å². The van der Waals surface area contributed by atoms with Gasteiger partial charge in [0.1, 0.15) is 5.54 Å². The number of hydrogen-bond donors (Lipinski definition) is 1. The third-order valence-electron chi connectivity index (χ3n) is 3.01. The number of likely N-dealkylation sites (N-methyl/N-ethyl adjacent to an activating group) is 1. The molecule has 92 valence electrons. The third-order valence-corrected chi connectivity index (χ3v) is 3.01. The molecule has 0 spiro atoms. The standard InChI is InChI=1S/C12H17N3O2/c1-2-15(10-3-6-14-7-4-10)11(16)12(13)5-8-17-9-12/h3-4,6-7H,2,5,8-9,13H2,1H3. The van der Waals surface area contributed by atoms with Crippen LogP contribution in [0, 0.1) is 0 Å². The van der Waals surface area contributed by atoms with Crippen molar-refractivity contribution in [3.8, 4) is 0 Å². The molecular weight excluding hydrogens is 218 g/mol. The van der Waals surface area contributed by atoms with Crippen LogP contribution in [0.2, 0.25) is 0 Å². The summed E-state index contributed by atoms with van der Waals surface area (Å²) >= 11 is 0. The van der Waals surface area contributed by atoms with Gasteiger partial charge in [-0.25, -0.2) is 0 Å². The van der Waals surface area contributed by atoms with Crippen LogP contribution in [0.4, 0.5) is 5.69 Å². The average Bonchev–Trinajstić information content (AvgIpc) is 2.80. The zero-order valence-electron chi connectivity index (χ0n) is 9.93. The third kappa shape index (κ3) is 2.30. The van der Waals surface area contributed by atoms with Crippen LogP contribution in [0.25, 0.3) is 0 Å². The van der Waals surface area contributed by atoms with E-state index in [1.165, 1.54) is 0 Å². The fourth-order valence-electron chi connectivity index (χ4n) is 1.99. The van der Waals surface area contributed by atoms with Gasteiger partial charge < -0.3 is 15.4 Å². The Morgan fingerprint density at radius 1 is 1.59 bits per heavy atom. The molecule has 2 heterocycles. The predicted octanol–water partition coefficient (Wildman–Crippen LogP) is 0.552. The molecule has 2 N–H and O–H groups in total. The van der Waals surface area contributed by atoms with E-state index in [9.17, 15) is 4.79 Å². The molecule has 0 aromatic carbocycles. The topological polar surface area (TPSA) is 68.5 Å². The zero-order chi connectivity index (χ0) is 12.3. The second kappa shape index (κ2) is 4.81. The first kappa shape index (κ1) is 12.0. The smallest absolute Gasteiger partial charge is 0.249 e. The lowest BCUT2D eigenvalue weighted by atomic mass is 9.98. The number of rotatable bonds is 3. The van der Waals surface area contributed by atoms with E-state index in [-0.39, 0.29) is 5.91 Å². The minimum Gasteiger partial charge on any atom is -0.379 e. The highest BCUT2D eigenvalue weighted by molar-refractivity contribution is 6.00. The van der Waals surface area contributed by atoms with Gasteiger partial charge in [-0.3, -0.25) is 9.78 Å². The highest BCUT2D eigenvalue weighted by atomic mass is 16.5. The van der Waals surface area contributed by atoms with Crippen molar-refractivity contribution in [1.82, 2.24) is 4.98 Å². The molecule has 0 radical (unpaired) electrons. The number of carbonyl (C=O) groups is 1. The van der Waals surface area contributed by atoms with Crippen LogP contribution >= 0.6 is 0 Å². The molecule has 1 atom stereocenters. The maximum absolute atomic E-state index is 12.4. The quantitative estimate of drug-likeness (QED) is 0.830. The lowest BCUT2D eigenvalue weighted by molar-refractivity contribution is -0.123. The molecule has 1 aliphatic heterocycles. The Kier molecular flexibility index (Phi) is 3.40. The van der Waals surface area contributed by atoms with Gasteiger partial charge >= 0.3 is 0 Å². The number of nitrogens with two attached hydrogens (primary N) is 1. The molecule has 0 aliphatic carbocycles. The summed E-state index contributed by atoms with van der Waals surface area (Å²) in [6, 6.07) is 3.61. The van der Waals surface area contributed by atoms with E-state index in [2.05, 4.69) is 4.98 Å². The summed E-state index contributed by atoms with van der Waals surface area (Å²) in [5, 5.41) is 0. The van der Waals surface area contributed by atoms with Crippen LogP contribution in [0.3, 0.4) is 0 Å². The molecule has 0 saturated carbocycles. The van der Waals surface area contributed by atoms with E-state index >= 15 is 0 Å². The largest absolute Gasteiger partial charge is 0.379 e. The number of nitrogens with zero attached hydrogens (tertiary/aromatic N) is 2. The van der Waals surface area contributed by atoms with Gasteiger partial charge in [0.15, 0.2) is 0 Å². The van der Waals surface area contributed by atoms with Gasteiger partial charge in [0.25, 0.3) is 0 Å². The van der Waals surface area contributed by atoms with Crippen LogP contribution in [-0.4, -0.2) is 36.2 Å². The number of aromatic nitrogens is 1. The first-order valence-electron chi connectivity index (χ1n) is 5.76. The minimum absolute atomic E-state index is 0.0799. The monoisotopic (exact) mass is 235 g/mol. The highest BCUT2D eigenvalue weighted by Crippen LogP contribution is 2.22. The fraction of sp³-hybridized carbons (Fsp3) is 0.500. The van der Waals surface area contributed by atoms with Crippen molar-refractivity contribution in [2.45, 2.75) is 18.9 Å². The van der Waals surface area contributed by atoms with Gasteiger partial charge in [0, 0.05) is 31.2 Å². The minimum atomic E-state index is -0.876. The summed E-state index contributed by atoms with van der Waals surface area (Å²) < 4.78 is 5.23. The number of hydrogen-bond acceptors (Lipinski definition) is 4. The van der Waals surface area contributed by atoms with Crippen molar-refractivity contribution in [1.29, 1.82) is 0 Å². The number of amides is 1. The Bertz CT molecular complexity index is 388. The summed E-state index contributed by atoms with van der Waals surface area (Å²) in [6.45, 7) is 3.36. The summed E-state index contributed by atoms with van der Waals surface area (Å²) in [4.78, 5) is 18.0. The van der Waals surface area contributed by atoms with E-state index in [0.717, 1.165) is 5.69 Å². The van der Waals surface area contributed by atoms with Gasteiger partial charge in [-0.05, 0) is 25.5 Å².